The number of benzene rings is 5. The summed E-state index contributed by atoms with van der Waals surface area (Å²) in [6.07, 6.45) is 0. The largest absolute Gasteiger partial charge is 0.456 e. The maximum absolute atomic E-state index is 13.4. The van der Waals surface area contributed by atoms with Gasteiger partial charge in [0.25, 0.3) is 0 Å². The molecule has 0 fully saturated rings. The molecule has 7 rings (SSSR count). The Balaban J connectivity index is 1.43. The van der Waals surface area contributed by atoms with Gasteiger partial charge in [0.15, 0.2) is 5.60 Å². The zero-order valence-electron chi connectivity index (χ0n) is 23.8. The molecule has 2 aliphatic rings. The highest BCUT2D eigenvalue weighted by Crippen LogP contribution is 2.57. The van der Waals surface area contributed by atoms with Crippen LogP contribution in [0.5, 0.6) is 11.5 Å². The molecule has 0 radical (unpaired) electrons. The number of ether oxygens (including phenoxy) is 2. The van der Waals surface area contributed by atoms with Gasteiger partial charge in [-0.15, -0.1) is 0 Å². The summed E-state index contributed by atoms with van der Waals surface area (Å²) in [7, 11) is 0. The molecule has 42 heavy (non-hydrogen) atoms. The zero-order chi connectivity index (χ0) is 28.7. The molecule has 5 aromatic carbocycles. The molecule has 0 aliphatic carbocycles. The van der Waals surface area contributed by atoms with E-state index >= 15 is 0 Å². The van der Waals surface area contributed by atoms with Crippen molar-refractivity contribution in [1.82, 2.24) is 0 Å². The Kier molecular flexibility index (Phi) is 6.43. The number of rotatable bonds is 7. The molecular weight excluding hydrogens is 520 g/mol. The Morgan fingerprint density at radius 3 is 2.07 bits per heavy atom. The molecule has 0 N–H and O–H groups in total. The molecule has 0 saturated carbocycles. The quantitative estimate of drug-likeness (QED) is 0.190. The van der Waals surface area contributed by atoms with E-state index in [1.54, 1.807) is 0 Å². The lowest BCUT2D eigenvalue weighted by Gasteiger charge is -2.38. The average molecular weight is 553 g/mol. The number of esters is 1. The van der Waals surface area contributed by atoms with Crippen molar-refractivity contribution in [1.29, 1.82) is 0 Å². The van der Waals surface area contributed by atoms with E-state index < -0.39 is 5.60 Å². The topological polar surface area (TPSA) is 42.0 Å². The Morgan fingerprint density at radius 2 is 1.31 bits per heavy atom. The van der Waals surface area contributed by atoms with Crippen molar-refractivity contribution in [2.75, 3.05) is 22.9 Å². The Labute approximate surface area is 246 Å². The second kappa shape index (κ2) is 10.4. The maximum Gasteiger partial charge on any atom is 0.340 e. The highest BCUT2D eigenvalue weighted by atomic mass is 16.6. The van der Waals surface area contributed by atoms with Gasteiger partial charge in [-0.25, -0.2) is 4.79 Å². The third-order valence-corrected chi connectivity index (χ3v) is 8.37. The van der Waals surface area contributed by atoms with Crippen LogP contribution in [0, 0.1) is 0 Å². The van der Waals surface area contributed by atoms with Crippen LogP contribution in [-0.2, 0) is 16.9 Å². The second-order valence-electron chi connectivity index (χ2n) is 10.7. The van der Waals surface area contributed by atoms with Gasteiger partial charge in [0.05, 0.1) is 5.56 Å². The Morgan fingerprint density at radius 1 is 0.619 bits per heavy atom. The molecule has 5 heteroatoms. The first-order valence-corrected chi connectivity index (χ1v) is 14.5. The van der Waals surface area contributed by atoms with Gasteiger partial charge in [0.1, 0.15) is 11.5 Å². The normalized spacial score (nSPS) is 16.2. The number of carbonyl (C=O) groups excluding carboxylic acids is 1. The molecule has 0 amide bonds. The average Bonchev–Trinajstić information content (AvgIpc) is 3.34. The summed E-state index contributed by atoms with van der Waals surface area (Å²) < 4.78 is 13.1. The maximum atomic E-state index is 13.4. The zero-order valence-corrected chi connectivity index (χ0v) is 23.8. The summed E-state index contributed by atoms with van der Waals surface area (Å²) in [6.45, 7) is 6.73. The van der Waals surface area contributed by atoms with Crippen molar-refractivity contribution >= 4 is 23.0 Å². The van der Waals surface area contributed by atoms with Crippen molar-refractivity contribution in [3.63, 3.8) is 0 Å². The van der Waals surface area contributed by atoms with Crippen LogP contribution < -0.4 is 14.5 Å². The number of para-hydroxylation sites is 1. The van der Waals surface area contributed by atoms with E-state index in [1.165, 1.54) is 5.56 Å². The van der Waals surface area contributed by atoms with Gasteiger partial charge in [-0.1, -0.05) is 66.7 Å². The van der Waals surface area contributed by atoms with E-state index in [-0.39, 0.29) is 5.97 Å². The van der Waals surface area contributed by atoms with E-state index in [0.717, 1.165) is 46.8 Å². The van der Waals surface area contributed by atoms with Crippen LogP contribution in [-0.4, -0.2) is 19.1 Å². The molecule has 0 bridgehead atoms. The SMILES string of the molecule is CCN(CC)c1ccc2c(c1)Oc1ccc(N(Cc3ccccc3)c3ccccc3)cc1C21OC(=O)c2ccccc21. The van der Waals surface area contributed by atoms with Crippen molar-refractivity contribution in [3.05, 3.63) is 149 Å². The van der Waals surface area contributed by atoms with Crippen LogP contribution in [0.15, 0.2) is 121 Å². The van der Waals surface area contributed by atoms with Crippen molar-refractivity contribution < 1.29 is 14.3 Å². The number of carbonyl (C=O) groups is 1. The molecule has 2 heterocycles. The summed E-state index contributed by atoms with van der Waals surface area (Å²) in [6, 6.07) is 41.0. The number of hydrogen-bond acceptors (Lipinski definition) is 5. The summed E-state index contributed by atoms with van der Waals surface area (Å²) in [4.78, 5) is 18.0. The Hall–Kier alpha value is -5.03. The molecule has 0 saturated heterocycles. The van der Waals surface area contributed by atoms with E-state index in [4.69, 9.17) is 9.47 Å². The van der Waals surface area contributed by atoms with Gasteiger partial charge in [0, 0.05) is 59.5 Å². The molecule has 1 atom stereocenters. The fourth-order valence-electron chi connectivity index (χ4n) is 6.31. The lowest BCUT2D eigenvalue weighted by atomic mass is 9.77. The highest BCUT2D eigenvalue weighted by Gasteiger charge is 2.53. The molecule has 208 valence electrons. The van der Waals surface area contributed by atoms with Gasteiger partial charge in [-0.3, -0.25) is 0 Å². The summed E-state index contributed by atoms with van der Waals surface area (Å²) >= 11 is 0. The number of nitrogens with zero attached hydrogens (tertiary/aromatic N) is 2. The number of anilines is 3. The lowest BCUT2D eigenvalue weighted by molar-refractivity contribution is 0.0224. The summed E-state index contributed by atoms with van der Waals surface area (Å²) in [5.41, 5.74) is 6.26. The molecule has 1 spiro atoms. The fourth-order valence-corrected chi connectivity index (χ4v) is 6.31. The number of fused-ring (bicyclic) bond motifs is 6. The van der Waals surface area contributed by atoms with Gasteiger partial charge in [-0.05, 0) is 67.9 Å². The van der Waals surface area contributed by atoms with E-state index in [2.05, 4.69) is 103 Å². The van der Waals surface area contributed by atoms with Crippen LogP contribution in [0.25, 0.3) is 0 Å². The third-order valence-electron chi connectivity index (χ3n) is 8.37. The van der Waals surface area contributed by atoms with E-state index in [1.807, 2.05) is 42.5 Å². The van der Waals surface area contributed by atoms with E-state index in [9.17, 15) is 4.79 Å². The van der Waals surface area contributed by atoms with Gasteiger partial charge >= 0.3 is 5.97 Å². The van der Waals surface area contributed by atoms with Gasteiger partial charge in [-0.2, -0.15) is 0 Å². The first kappa shape index (κ1) is 25.9. The van der Waals surface area contributed by atoms with Gasteiger partial charge < -0.3 is 19.3 Å². The minimum atomic E-state index is -1.12. The molecule has 0 aromatic heterocycles. The van der Waals surface area contributed by atoms with Crippen molar-refractivity contribution in [2.24, 2.45) is 0 Å². The first-order chi connectivity index (χ1) is 20.6. The highest BCUT2D eigenvalue weighted by molar-refractivity contribution is 5.97. The lowest BCUT2D eigenvalue weighted by Crippen LogP contribution is -2.33. The minimum absolute atomic E-state index is 0.327. The summed E-state index contributed by atoms with van der Waals surface area (Å²) in [5.74, 6) is 1.06. The minimum Gasteiger partial charge on any atom is -0.456 e. The van der Waals surface area contributed by atoms with Gasteiger partial charge in [0.2, 0.25) is 0 Å². The fraction of sp³-hybridized carbons (Fsp3) is 0.162. The molecule has 2 aliphatic heterocycles. The molecule has 5 aromatic rings. The first-order valence-electron chi connectivity index (χ1n) is 14.5. The van der Waals surface area contributed by atoms with Crippen LogP contribution in [0.1, 0.15) is 46.5 Å². The van der Waals surface area contributed by atoms with E-state index in [0.29, 0.717) is 23.6 Å². The summed E-state index contributed by atoms with van der Waals surface area (Å²) in [5, 5.41) is 0. The smallest absolute Gasteiger partial charge is 0.340 e. The standard InChI is InChI=1S/C37H32N2O3/c1-3-38(4-2)28-19-21-32-35(24-28)41-34-22-20-29(23-33(34)37(32)31-18-12-11-17-30(31)36(40)42-37)39(27-15-9-6-10-16-27)25-26-13-7-5-8-14-26/h5-24H,3-4,25H2,1-2H3. The van der Waals surface area contributed by atoms with Crippen LogP contribution >= 0.6 is 0 Å². The molecule has 1 unspecified atom stereocenters. The predicted molar refractivity (Wildman–Crippen MR) is 167 cm³/mol. The van der Waals surface area contributed by atoms with Crippen molar-refractivity contribution in [3.8, 4) is 11.5 Å². The van der Waals surface area contributed by atoms with Crippen molar-refractivity contribution in [2.45, 2.75) is 26.0 Å². The van der Waals surface area contributed by atoms with Crippen LogP contribution in [0.4, 0.5) is 17.1 Å². The van der Waals surface area contributed by atoms with Crippen LogP contribution in [0.3, 0.4) is 0 Å². The molecule has 5 nitrogen and oxygen atoms in total. The Bertz CT molecular complexity index is 1770. The molecular formula is C37H32N2O3. The number of hydrogen-bond donors (Lipinski definition) is 0. The van der Waals surface area contributed by atoms with Crippen LogP contribution in [0.2, 0.25) is 0 Å². The predicted octanol–water partition coefficient (Wildman–Crippen LogP) is 8.44. The third kappa shape index (κ3) is 4.12. The second-order valence-corrected chi connectivity index (χ2v) is 10.7. The monoisotopic (exact) mass is 552 g/mol.